The number of benzene rings is 2. The molecule has 0 fully saturated rings. The lowest BCUT2D eigenvalue weighted by atomic mass is 10.1. The van der Waals surface area contributed by atoms with Crippen LogP contribution in [0.2, 0.25) is 5.02 Å². The van der Waals surface area contributed by atoms with E-state index < -0.39 is 5.82 Å². The maximum atomic E-state index is 13.5. The number of halogens is 2. The molecule has 0 aliphatic heterocycles. The lowest BCUT2D eigenvalue weighted by Gasteiger charge is -2.03. The summed E-state index contributed by atoms with van der Waals surface area (Å²) in [7, 11) is 1.56. The van der Waals surface area contributed by atoms with Crippen LogP contribution in [0.1, 0.15) is 10.4 Å². The number of anilines is 1. The third-order valence-electron chi connectivity index (χ3n) is 2.78. The van der Waals surface area contributed by atoms with Crippen LogP contribution in [0.5, 0.6) is 5.75 Å². The Kier molecular flexibility index (Phi) is 4.95. The normalized spacial score (nSPS) is 10.6. The zero-order valence-corrected chi connectivity index (χ0v) is 12.0. The second-order valence-electron chi connectivity index (χ2n) is 4.19. The van der Waals surface area contributed by atoms with E-state index in [1.54, 1.807) is 37.4 Å². The van der Waals surface area contributed by atoms with Gasteiger partial charge in [0.1, 0.15) is 11.6 Å². The van der Waals surface area contributed by atoms with E-state index in [4.69, 9.17) is 16.3 Å². The van der Waals surface area contributed by atoms with Crippen LogP contribution in [0.3, 0.4) is 0 Å². The van der Waals surface area contributed by atoms with Crippen molar-refractivity contribution >= 4 is 23.1 Å². The second-order valence-corrected chi connectivity index (χ2v) is 4.63. The maximum Gasteiger partial charge on any atom is 0.187 e. The van der Waals surface area contributed by atoms with Crippen molar-refractivity contribution in [2.75, 3.05) is 12.4 Å². The number of ether oxygens (including phenoxy) is 1. The fourth-order valence-electron chi connectivity index (χ4n) is 1.67. The molecule has 0 radical (unpaired) electrons. The van der Waals surface area contributed by atoms with Gasteiger partial charge in [-0.2, -0.15) is 0 Å². The number of ketones is 1. The highest BCUT2D eigenvalue weighted by molar-refractivity contribution is 6.30. The summed E-state index contributed by atoms with van der Waals surface area (Å²) in [6, 6.07) is 11.0. The van der Waals surface area contributed by atoms with E-state index in [9.17, 15) is 9.18 Å². The Morgan fingerprint density at radius 1 is 1.24 bits per heavy atom. The molecule has 0 aromatic heterocycles. The standard InChI is InChI=1S/C16H13ClFNO2/c1-21-13-5-2-11(3-6-13)16(20)8-9-19-15-7-4-12(17)10-14(15)18/h2-10,19H,1H3. The van der Waals surface area contributed by atoms with Crippen LogP contribution >= 0.6 is 11.6 Å². The molecule has 0 aliphatic rings. The third kappa shape index (κ3) is 4.07. The number of allylic oxidation sites excluding steroid dienone is 1. The lowest BCUT2D eigenvalue weighted by Crippen LogP contribution is -1.97. The van der Waals surface area contributed by atoms with Gasteiger partial charge < -0.3 is 10.1 Å². The molecule has 0 bridgehead atoms. The van der Waals surface area contributed by atoms with Crippen LogP contribution in [0.4, 0.5) is 10.1 Å². The number of rotatable bonds is 5. The SMILES string of the molecule is COc1ccc(C(=O)C=CNc2ccc(Cl)cc2F)cc1. The minimum Gasteiger partial charge on any atom is -0.497 e. The molecule has 1 N–H and O–H groups in total. The molecule has 21 heavy (non-hydrogen) atoms. The number of nitrogens with one attached hydrogen (secondary N) is 1. The Morgan fingerprint density at radius 2 is 1.95 bits per heavy atom. The molecule has 0 saturated heterocycles. The summed E-state index contributed by atoms with van der Waals surface area (Å²) in [5, 5.41) is 3.02. The molecule has 0 amide bonds. The van der Waals surface area contributed by atoms with Crippen molar-refractivity contribution in [3.05, 3.63) is 71.1 Å². The second kappa shape index (κ2) is 6.90. The van der Waals surface area contributed by atoms with Crippen LogP contribution in [-0.4, -0.2) is 12.9 Å². The van der Waals surface area contributed by atoms with Crippen molar-refractivity contribution in [1.82, 2.24) is 0 Å². The molecular formula is C16H13ClFNO2. The molecule has 0 atom stereocenters. The number of methoxy groups -OCH3 is 1. The summed E-state index contributed by atoms with van der Waals surface area (Å²) in [5.41, 5.74) is 0.767. The van der Waals surface area contributed by atoms with Crippen molar-refractivity contribution in [3.63, 3.8) is 0 Å². The molecule has 0 unspecified atom stereocenters. The molecule has 2 rings (SSSR count). The topological polar surface area (TPSA) is 38.3 Å². The first kappa shape index (κ1) is 15.1. The summed E-state index contributed by atoms with van der Waals surface area (Å²) in [4.78, 5) is 11.9. The van der Waals surface area contributed by atoms with Crippen LogP contribution in [0.15, 0.2) is 54.7 Å². The van der Waals surface area contributed by atoms with Gasteiger partial charge in [-0.05, 0) is 42.5 Å². The number of carbonyl (C=O) groups excluding carboxylic acids is 1. The average Bonchev–Trinajstić information content (AvgIpc) is 2.49. The summed E-state index contributed by atoms with van der Waals surface area (Å²) in [6.45, 7) is 0. The summed E-state index contributed by atoms with van der Waals surface area (Å²) in [6.07, 6.45) is 2.72. The molecular weight excluding hydrogens is 293 g/mol. The van der Waals surface area contributed by atoms with Crippen molar-refractivity contribution < 1.29 is 13.9 Å². The van der Waals surface area contributed by atoms with Crippen molar-refractivity contribution in [2.45, 2.75) is 0 Å². The quantitative estimate of drug-likeness (QED) is 0.661. The zero-order valence-electron chi connectivity index (χ0n) is 11.3. The molecule has 5 heteroatoms. The first-order valence-electron chi connectivity index (χ1n) is 6.16. The molecule has 0 aliphatic carbocycles. The van der Waals surface area contributed by atoms with E-state index in [1.165, 1.54) is 24.4 Å². The van der Waals surface area contributed by atoms with Gasteiger partial charge >= 0.3 is 0 Å². The average molecular weight is 306 g/mol. The minimum atomic E-state index is -0.482. The van der Waals surface area contributed by atoms with Gasteiger partial charge in [-0.3, -0.25) is 4.79 Å². The summed E-state index contributed by atoms with van der Waals surface area (Å²) < 4.78 is 18.5. The smallest absolute Gasteiger partial charge is 0.187 e. The van der Waals surface area contributed by atoms with Gasteiger partial charge in [0, 0.05) is 22.9 Å². The van der Waals surface area contributed by atoms with Gasteiger partial charge in [-0.25, -0.2) is 4.39 Å². The van der Waals surface area contributed by atoms with Crippen LogP contribution in [-0.2, 0) is 0 Å². The number of hydrogen-bond donors (Lipinski definition) is 1. The van der Waals surface area contributed by atoms with E-state index in [2.05, 4.69) is 5.32 Å². The summed E-state index contributed by atoms with van der Waals surface area (Å²) >= 11 is 5.66. The van der Waals surface area contributed by atoms with Gasteiger partial charge in [0.05, 0.1) is 12.8 Å². The first-order valence-corrected chi connectivity index (χ1v) is 6.54. The van der Waals surface area contributed by atoms with Crippen LogP contribution < -0.4 is 10.1 Å². The predicted molar refractivity (Wildman–Crippen MR) is 81.5 cm³/mol. The highest BCUT2D eigenvalue weighted by atomic mass is 35.5. The fraction of sp³-hybridized carbons (Fsp3) is 0.0625. The van der Waals surface area contributed by atoms with E-state index >= 15 is 0 Å². The first-order chi connectivity index (χ1) is 10.1. The van der Waals surface area contributed by atoms with Crippen molar-refractivity contribution in [3.8, 4) is 5.75 Å². The van der Waals surface area contributed by atoms with E-state index in [0.717, 1.165) is 0 Å². The van der Waals surface area contributed by atoms with E-state index in [0.29, 0.717) is 16.3 Å². The van der Waals surface area contributed by atoms with Crippen molar-refractivity contribution in [1.29, 1.82) is 0 Å². The monoisotopic (exact) mass is 305 g/mol. The molecule has 2 aromatic rings. The molecule has 108 valence electrons. The molecule has 0 heterocycles. The van der Waals surface area contributed by atoms with Crippen LogP contribution in [0, 0.1) is 5.82 Å². The number of hydrogen-bond acceptors (Lipinski definition) is 3. The minimum absolute atomic E-state index is 0.195. The Labute approximate surface area is 127 Å². The fourth-order valence-corrected chi connectivity index (χ4v) is 1.82. The zero-order chi connectivity index (χ0) is 15.2. The Hall–Kier alpha value is -2.33. The Balaban J connectivity index is 2.01. The van der Waals surface area contributed by atoms with Crippen molar-refractivity contribution in [2.24, 2.45) is 0 Å². The Bertz CT molecular complexity index is 668. The maximum absolute atomic E-state index is 13.5. The predicted octanol–water partition coefficient (Wildman–Crippen LogP) is 4.30. The molecule has 0 spiro atoms. The highest BCUT2D eigenvalue weighted by Gasteiger charge is 2.03. The van der Waals surface area contributed by atoms with Crippen LogP contribution in [0.25, 0.3) is 0 Å². The highest BCUT2D eigenvalue weighted by Crippen LogP contribution is 2.19. The van der Waals surface area contributed by atoms with Gasteiger partial charge in [0.25, 0.3) is 0 Å². The molecule has 0 saturated carbocycles. The third-order valence-corrected chi connectivity index (χ3v) is 3.01. The van der Waals surface area contributed by atoms with E-state index in [1.807, 2.05) is 0 Å². The van der Waals surface area contributed by atoms with Gasteiger partial charge in [-0.1, -0.05) is 11.6 Å². The summed E-state index contributed by atoms with van der Waals surface area (Å²) in [5.74, 6) is 0.000427. The van der Waals surface area contributed by atoms with Gasteiger partial charge in [-0.15, -0.1) is 0 Å². The largest absolute Gasteiger partial charge is 0.497 e. The number of carbonyl (C=O) groups is 1. The lowest BCUT2D eigenvalue weighted by molar-refractivity contribution is 0.104. The van der Waals surface area contributed by atoms with Gasteiger partial charge in [0.2, 0.25) is 0 Å². The Morgan fingerprint density at radius 3 is 2.57 bits per heavy atom. The molecule has 3 nitrogen and oxygen atoms in total. The van der Waals surface area contributed by atoms with E-state index in [-0.39, 0.29) is 11.5 Å². The molecule has 2 aromatic carbocycles. The van der Waals surface area contributed by atoms with Gasteiger partial charge in [0.15, 0.2) is 5.78 Å².